The predicted octanol–water partition coefficient (Wildman–Crippen LogP) is 3.54. The van der Waals surface area contributed by atoms with E-state index in [1.807, 2.05) is 45.9 Å². The predicted molar refractivity (Wildman–Crippen MR) is 63.9 cm³/mol. The molecule has 82 valence electrons. The SMILES string of the molecule is CC(C)C(=N)c1cccc(C(C)C)c1O. The number of rotatable bonds is 3. The molecule has 0 aliphatic heterocycles. The zero-order chi connectivity index (χ0) is 11.6. The highest BCUT2D eigenvalue weighted by Gasteiger charge is 2.14. The number of phenols is 1. The molecule has 0 aliphatic carbocycles. The van der Waals surface area contributed by atoms with Crippen LogP contribution in [-0.2, 0) is 0 Å². The molecule has 1 aromatic carbocycles. The minimum Gasteiger partial charge on any atom is -0.507 e. The number of aromatic hydroxyl groups is 1. The van der Waals surface area contributed by atoms with Gasteiger partial charge in [-0.2, -0.15) is 0 Å². The summed E-state index contributed by atoms with van der Waals surface area (Å²) in [6, 6.07) is 5.63. The number of phenolic OH excluding ortho intramolecular Hbond substituents is 1. The van der Waals surface area contributed by atoms with Gasteiger partial charge in [0.05, 0.1) is 0 Å². The van der Waals surface area contributed by atoms with E-state index in [9.17, 15) is 5.11 Å². The molecule has 0 aromatic heterocycles. The van der Waals surface area contributed by atoms with E-state index in [0.29, 0.717) is 11.3 Å². The summed E-state index contributed by atoms with van der Waals surface area (Å²) in [5.41, 5.74) is 2.07. The summed E-state index contributed by atoms with van der Waals surface area (Å²) < 4.78 is 0. The summed E-state index contributed by atoms with van der Waals surface area (Å²) in [5, 5.41) is 17.9. The molecule has 15 heavy (non-hydrogen) atoms. The maximum absolute atomic E-state index is 10.0. The molecule has 2 heteroatoms. The fourth-order valence-corrected chi connectivity index (χ4v) is 1.56. The van der Waals surface area contributed by atoms with Gasteiger partial charge in [0, 0.05) is 11.3 Å². The smallest absolute Gasteiger partial charge is 0.128 e. The van der Waals surface area contributed by atoms with E-state index >= 15 is 0 Å². The van der Waals surface area contributed by atoms with Crippen molar-refractivity contribution in [3.63, 3.8) is 0 Å². The molecule has 0 saturated carbocycles. The van der Waals surface area contributed by atoms with Crippen LogP contribution in [0.4, 0.5) is 0 Å². The Balaban J connectivity index is 3.21. The third kappa shape index (κ3) is 2.38. The molecule has 0 spiro atoms. The maximum Gasteiger partial charge on any atom is 0.128 e. The van der Waals surface area contributed by atoms with Crippen LogP contribution in [0.1, 0.15) is 44.7 Å². The van der Waals surface area contributed by atoms with Gasteiger partial charge in [-0.1, -0.05) is 39.8 Å². The Morgan fingerprint density at radius 2 is 1.80 bits per heavy atom. The Kier molecular flexibility index (Phi) is 3.51. The van der Waals surface area contributed by atoms with Crippen LogP contribution in [0, 0.1) is 11.3 Å². The molecule has 0 fully saturated rings. The molecular formula is C13H19NO. The van der Waals surface area contributed by atoms with Crippen LogP contribution in [0.25, 0.3) is 0 Å². The molecule has 0 aliphatic rings. The fourth-order valence-electron chi connectivity index (χ4n) is 1.56. The summed E-state index contributed by atoms with van der Waals surface area (Å²) in [7, 11) is 0. The average Bonchev–Trinajstić information content (AvgIpc) is 2.16. The van der Waals surface area contributed by atoms with E-state index in [1.165, 1.54) is 0 Å². The molecular weight excluding hydrogens is 186 g/mol. The Morgan fingerprint density at radius 1 is 1.20 bits per heavy atom. The lowest BCUT2D eigenvalue weighted by molar-refractivity contribution is 0.463. The summed E-state index contributed by atoms with van der Waals surface area (Å²) in [5.74, 6) is 0.689. The zero-order valence-electron chi connectivity index (χ0n) is 9.83. The standard InChI is InChI=1S/C13H19NO/c1-8(2)10-6-5-7-11(13(10)15)12(14)9(3)4/h5-9,14-15H,1-4H3. The number of para-hydroxylation sites is 1. The molecule has 0 atom stereocenters. The third-order valence-corrected chi connectivity index (χ3v) is 2.56. The van der Waals surface area contributed by atoms with E-state index < -0.39 is 0 Å². The highest BCUT2D eigenvalue weighted by Crippen LogP contribution is 2.30. The lowest BCUT2D eigenvalue weighted by Gasteiger charge is -2.14. The molecule has 0 unspecified atom stereocenters. The number of benzene rings is 1. The van der Waals surface area contributed by atoms with E-state index in [1.54, 1.807) is 0 Å². The van der Waals surface area contributed by atoms with Gasteiger partial charge in [0.1, 0.15) is 5.75 Å². The Labute approximate surface area is 91.5 Å². The van der Waals surface area contributed by atoms with Crippen molar-refractivity contribution in [2.75, 3.05) is 0 Å². The van der Waals surface area contributed by atoms with Crippen molar-refractivity contribution in [3.8, 4) is 5.75 Å². The van der Waals surface area contributed by atoms with Gasteiger partial charge in [0.25, 0.3) is 0 Å². The first-order valence-corrected chi connectivity index (χ1v) is 5.35. The number of nitrogens with one attached hydrogen (secondary N) is 1. The van der Waals surface area contributed by atoms with Gasteiger partial charge in [0.2, 0.25) is 0 Å². The second-order valence-electron chi connectivity index (χ2n) is 4.47. The quantitative estimate of drug-likeness (QED) is 0.728. The molecule has 1 aromatic rings. The molecule has 0 bridgehead atoms. The van der Waals surface area contributed by atoms with Crippen LogP contribution in [-0.4, -0.2) is 10.8 Å². The summed E-state index contributed by atoms with van der Waals surface area (Å²) in [6.45, 7) is 8.00. The topological polar surface area (TPSA) is 44.1 Å². The van der Waals surface area contributed by atoms with E-state index in [0.717, 1.165) is 5.56 Å². The first kappa shape index (κ1) is 11.8. The van der Waals surface area contributed by atoms with Gasteiger partial charge in [-0.15, -0.1) is 0 Å². The second-order valence-corrected chi connectivity index (χ2v) is 4.47. The van der Waals surface area contributed by atoms with Crippen molar-refractivity contribution >= 4 is 5.71 Å². The third-order valence-electron chi connectivity index (χ3n) is 2.56. The molecule has 0 radical (unpaired) electrons. The van der Waals surface area contributed by atoms with Gasteiger partial charge in [-0.25, -0.2) is 0 Å². The Hall–Kier alpha value is -1.31. The number of hydrogen-bond donors (Lipinski definition) is 2. The average molecular weight is 205 g/mol. The van der Waals surface area contributed by atoms with Crippen LogP contribution in [0.3, 0.4) is 0 Å². The number of hydrogen-bond acceptors (Lipinski definition) is 2. The lowest BCUT2D eigenvalue weighted by atomic mass is 9.93. The first-order chi connectivity index (χ1) is 6.95. The van der Waals surface area contributed by atoms with Crippen LogP contribution in [0.5, 0.6) is 5.75 Å². The van der Waals surface area contributed by atoms with Gasteiger partial charge in [-0.05, 0) is 23.5 Å². The molecule has 0 amide bonds. The van der Waals surface area contributed by atoms with Crippen LogP contribution in [0.15, 0.2) is 18.2 Å². The second kappa shape index (κ2) is 4.47. The van der Waals surface area contributed by atoms with E-state index in [-0.39, 0.29) is 17.6 Å². The largest absolute Gasteiger partial charge is 0.507 e. The van der Waals surface area contributed by atoms with E-state index in [4.69, 9.17) is 5.41 Å². The monoisotopic (exact) mass is 205 g/mol. The van der Waals surface area contributed by atoms with Crippen molar-refractivity contribution in [1.82, 2.24) is 0 Å². The Morgan fingerprint density at radius 3 is 2.27 bits per heavy atom. The molecule has 0 saturated heterocycles. The van der Waals surface area contributed by atoms with Crippen molar-refractivity contribution in [1.29, 1.82) is 5.41 Å². The van der Waals surface area contributed by atoms with Crippen molar-refractivity contribution in [2.45, 2.75) is 33.6 Å². The molecule has 0 heterocycles. The molecule has 1 rings (SSSR count). The zero-order valence-corrected chi connectivity index (χ0v) is 9.83. The molecule has 2 nitrogen and oxygen atoms in total. The minimum atomic E-state index is 0.137. The highest BCUT2D eigenvalue weighted by atomic mass is 16.3. The van der Waals surface area contributed by atoms with Gasteiger partial charge in [-0.3, -0.25) is 0 Å². The van der Waals surface area contributed by atoms with Crippen LogP contribution < -0.4 is 0 Å². The van der Waals surface area contributed by atoms with E-state index in [2.05, 4.69) is 0 Å². The molecule has 2 N–H and O–H groups in total. The Bertz CT molecular complexity index is 367. The van der Waals surface area contributed by atoms with Crippen LogP contribution >= 0.6 is 0 Å². The van der Waals surface area contributed by atoms with Gasteiger partial charge >= 0.3 is 0 Å². The summed E-state index contributed by atoms with van der Waals surface area (Å²) >= 11 is 0. The summed E-state index contributed by atoms with van der Waals surface area (Å²) in [6.07, 6.45) is 0. The summed E-state index contributed by atoms with van der Waals surface area (Å²) in [4.78, 5) is 0. The van der Waals surface area contributed by atoms with Crippen LogP contribution in [0.2, 0.25) is 0 Å². The first-order valence-electron chi connectivity index (χ1n) is 5.35. The highest BCUT2D eigenvalue weighted by molar-refractivity contribution is 6.02. The van der Waals surface area contributed by atoms with Crippen molar-refractivity contribution in [3.05, 3.63) is 29.3 Å². The fraction of sp³-hybridized carbons (Fsp3) is 0.462. The van der Waals surface area contributed by atoms with Crippen molar-refractivity contribution < 1.29 is 5.11 Å². The lowest BCUT2D eigenvalue weighted by Crippen LogP contribution is -2.08. The normalized spacial score (nSPS) is 11.1. The van der Waals surface area contributed by atoms with Crippen molar-refractivity contribution in [2.24, 2.45) is 5.92 Å². The maximum atomic E-state index is 10.0. The van der Waals surface area contributed by atoms with Gasteiger partial charge < -0.3 is 10.5 Å². The minimum absolute atomic E-state index is 0.137. The van der Waals surface area contributed by atoms with Gasteiger partial charge in [0.15, 0.2) is 0 Å².